The van der Waals surface area contributed by atoms with Crippen LogP contribution in [0.1, 0.15) is 19.4 Å². The first-order valence-corrected chi connectivity index (χ1v) is 6.60. The maximum Gasteiger partial charge on any atom is 0.0642 e. The fourth-order valence-corrected chi connectivity index (χ4v) is 2.82. The largest absolute Gasteiger partial charge is 0.367 e. The van der Waals surface area contributed by atoms with Crippen LogP contribution in [0.2, 0.25) is 5.02 Å². The van der Waals surface area contributed by atoms with Crippen LogP contribution < -0.4 is 4.90 Å². The summed E-state index contributed by atoms with van der Waals surface area (Å²) in [5, 5.41) is 0.869. The SMILES string of the molecule is Cc1ccc(N2CC(C)N(C)C(C)C2)c(Cl)c1. The van der Waals surface area contributed by atoms with Crippen LogP contribution in [0.5, 0.6) is 0 Å². The minimum atomic E-state index is 0.566. The van der Waals surface area contributed by atoms with Crippen molar-refractivity contribution in [2.75, 3.05) is 25.0 Å². The minimum Gasteiger partial charge on any atom is -0.367 e. The van der Waals surface area contributed by atoms with Gasteiger partial charge in [0.25, 0.3) is 0 Å². The number of hydrogen-bond acceptors (Lipinski definition) is 2. The molecule has 1 aromatic rings. The third-order valence-electron chi connectivity index (χ3n) is 3.80. The summed E-state index contributed by atoms with van der Waals surface area (Å²) in [4.78, 5) is 4.83. The van der Waals surface area contributed by atoms with E-state index in [0.717, 1.165) is 18.1 Å². The molecule has 1 aliphatic rings. The van der Waals surface area contributed by atoms with Gasteiger partial charge < -0.3 is 4.90 Å². The van der Waals surface area contributed by atoms with Crippen LogP contribution in [0.3, 0.4) is 0 Å². The van der Waals surface area contributed by atoms with Gasteiger partial charge in [-0.25, -0.2) is 0 Å². The van der Waals surface area contributed by atoms with Crippen molar-refractivity contribution in [3.8, 4) is 0 Å². The Balaban J connectivity index is 2.23. The molecular formula is C14H21ClN2. The van der Waals surface area contributed by atoms with Crippen LogP contribution in [0.4, 0.5) is 5.69 Å². The van der Waals surface area contributed by atoms with E-state index in [1.807, 2.05) is 6.07 Å². The molecule has 0 amide bonds. The standard InChI is InChI=1S/C14H21ClN2/c1-10-5-6-14(13(15)7-10)17-8-11(2)16(4)12(3)9-17/h5-7,11-12H,8-9H2,1-4H3. The predicted molar refractivity (Wildman–Crippen MR) is 75.1 cm³/mol. The van der Waals surface area contributed by atoms with Crippen molar-refractivity contribution in [3.05, 3.63) is 28.8 Å². The molecule has 0 radical (unpaired) electrons. The summed E-state index contributed by atoms with van der Waals surface area (Å²) >= 11 is 6.34. The second-order valence-electron chi connectivity index (χ2n) is 5.22. The van der Waals surface area contributed by atoms with Gasteiger partial charge in [0, 0.05) is 25.2 Å². The van der Waals surface area contributed by atoms with E-state index in [-0.39, 0.29) is 0 Å². The number of aryl methyl sites for hydroxylation is 1. The topological polar surface area (TPSA) is 6.48 Å². The van der Waals surface area contributed by atoms with Crippen molar-refractivity contribution < 1.29 is 0 Å². The fraction of sp³-hybridized carbons (Fsp3) is 0.571. The average molecular weight is 253 g/mol. The van der Waals surface area contributed by atoms with Gasteiger partial charge in [-0.05, 0) is 45.5 Å². The lowest BCUT2D eigenvalue weighted by molar-refractivity contribution is 0.170. The average Bonchev–Trinajstić information content (AvgIpc) is 2.25. The second-order valence-corrected chi connectivity index (χ2v) is 5.63. The van der Waals surface area contributed by atoms with Gasteiger partial charge in [0.05, 0.1) is 10.7 Å². The first-order valence-electron chi connectivity index (χ1n) is 6.22. The van der Waals surface area contributed by atoms with Gasteiger partial charge in [0.2, 0.25) is 0 Å². The highest BCUT2D eigenvalue weighted by Crippen LogP contribution is 2.29. The third kappa shape index (κ3) is 2.58. The third-order valence-corrected chi connectivity index (χ3v) is 4.11. The van der Waals surface area contributed by atoms with Gasteiger partial charge in [0.1, 0.15) is 0 Å². The molecule has 1 aliphatic heterocycles. The Morgan fingerprint density at radius 2 is 1.76 bits per heavy atom. The van der Waals surface area contributed by atoms with Crippen LogP contribution in [-0.4, -0.2) is 37.1 Å². The lowest BCUT2D eigenvalue weighted by Crippen LogP contribution is -2.55. The van der Waals surface area contributed by atoms with E-state index in [1.54, 1.807) is 0 Å². The summed E-state index contributed by atoms with van der Waals surface area (Å²) in [5.41, 5.74) is 2.39. The molecule has 0 bridgehead atoms. The molecule has 94 valence electrons. The molecule has 17 heavy (non-hydrogen) atoms. The molecule has 1 fully saturated rings. The van der Waals surface area contributed by atoms with Crippen LogP contribution in [0.25, 0.3) is 0 Å². The molecule has 2 atom stereocenters. The van der Waals surface area contributed by atoms with Crippen LogP contribution in [-0.2, 0) is 0 Å². The van der Waals surface area contributed by atoms with E-state index in [4.69, 9.17) is 11.6 Å². The molecule has 2 rings (SSSR count). The number of anilines is 1. The highest BCUT2D eigenvalue weighted by Gasteiger charge is 2.27. The number of piperazine rings is 1. The zero-order chi connectivity index (χ0) is 12.6. The molecule has 0 saturated carbocycles. The number of likely N-dealkylation sites (N-methyl/N-ethyl adjacent to an activating group) is 1. The van der Waals surface area contributed by atoms with E-state index in [2.05, 4.69) is 49.8 Å². The van der Waals surface area contributed by atoms with Crippen molar-refractivity contribution in [1.29, 1.82) is 0 Å². The van der Waals surface area contributed by atoms with Crippen molar-refractivity contribution in [2.24, 2.45) is 0 Å². The summed E-state index contributed by atoms with van der Waals surface area (Å²) < 4.78 is 0. The summed E-state index contributed by atoms with van der Waals surface area (Å²) in [5.74, 6) is 0. The van der Waals surface area contributed by atoms with Crippen LogP contribution in [0.15, 0.2) is 18.2 Å². The Kier molecular flexibility index (Phi) is 3.64. The number of rotatable bonds is 1. The summed E-state index contributed by atoms with van der Waals surface area (Å²) in [6, 6.07) is 7.45. The normalized spacial score (nSPS) is 26.3. The number of nitrogens with zero attached hydrogens (tertiary/aromatic N) is 2. The molecule has 1 heterocycles. The quantitative estimate of drug-likeness (QED) is 0.758. The van der Waals surface area contributed by atoms with Gasteiger partial charge in [-0.15, -0.1) is 0 Å². The maximum atomic E-state index is 6.34. The van der Waals surface area contributed by atoms with Crippen molar-refractivity contribution in [1.82, 2.24) is 4.90 Å². The Labute approximate surface area is 109 Å². The molecule has 1 aromatic carbocycles. The highest BCUT2D eigenvalue weighted by atomic mass is 35.5. The van der Waals surface area contributed by atoms with E-state index in [0.29, 0.717) is 12.1 Å². The van der Waals surface area contributed by atoms with Crippen molar-refractivity contribution in [3.63, 3.8) is 0 Å². The predicted octanol–water partition coefficient (Wildman–Crippen LogP) is 3.18. The summed E-state index contributed by atoms with van der Waals surface area (Å²) in [7, 11) is 2.20. The van der Waals surface area contributed by atoms with Gasteiger partial charge in [0.15, 0.2) is 0 Å². The molecule has 3 heteroatoms. The minimum absolute atomic E-state index is 0.566. The summed E-state index contributed by atoms with van der Waals surface area (Å²) in [6.07, 6.45) is 0. The maximum absolute atomic E-state index is 6.34. The molecular weight excluding hydrogens is 232 g/mol. The van der Waals surface area contributed by atoms with E-state index in [1.165, 1.54) is 11.3 Å². The van der Waals surface area contributed by atoms with Crippen LogP contribution >= 0.6 is 11.6 Å². The van der Waals surface area contributed by atoms with E-state index >= 15 is 0 Å². The Bertz CT molecular complexity index is 393. The Hall–Kier alpha value is -0.730. The second kappa shape index (κ2) is 4.87. The summed E-state index contributed by atoms with van der Waals surface area (Å²) in [6.45, 7) is 8.70. The molecule has 2 nitrogen and oxygen atoms in total. The monoisotopic (exact) mass is 252 g/mol. The fourth-order valence-electron chi connectivity index (χ4n) is 2.47. The van der Waals surface area contributed by atoms with Crippen molar-refractivity contribution >= 4 is 17.3 Å². The number of halogens is 1. The molecule has 0 N–H and O–H groups in total. The number of hydrogen-bond donors (Lipinski definition) is 0. The van der Waals surface area contributed by atoms with Crippen LogP contribution in [0, 0.1) is 6.92 Å². The highest BCUT2D eigenvalue weighted by molar-refractivity contribution is 6.33. The Morgan fingerprint density at radius 3 is 2.29 bits per heavy atom. The lowest BCUT2D eigenvalue weighted by Gasteiger charge is -2.43. The molecule has 0 aliphatic carbocycles. The van der Waals surface area contributed by atoms with E-state index < -0.39 is 0 Å². The molecule has 0 spiro atoms. The smallest absolute Gasteiger partial charge is 0.0642 e. The van der Waals surface area contributed by atoms with Gasteiger partial charge in [-0.3, -0.25) is 4.90 Å². The van der Waals surface area contributed by atoms with Gasteiger partial charge in [-0.2, -0.15) is 0 Å². The lowest BCUT2D eigenvalue weighted by atomic mass is 10.1. The van der Waals surface area contributed by atoms with Crippen molar-refractivity contribution in [2.45, 2.75) is 32.9 Å². The number of benzene rings is 1. The first kappa shape index (κ1) is 12.7. The molecule has 0 aromatic heterocycles. The van der Waals surface area contributed by atoms with E-state index in [9.17, 15) is 0 Å². The molecule has 1 saturated heterocycles. The first-order chi connectivity index (χ1) is 7.99. The van der Waals surface area contributed by atoms with Gasteiger partial charge in [-0.1, -0.05) is 17.7 Å². The van der Waals surface area contributed by atoms with Gasteiger partial charge >= 0.3 is 0 Å². The zero-order valence-electron chi connectivity index (χ0n) is 11.1. The molecule has 2 unspecified atom stereocenters. The zero-order valence-corrected chi connectivity index (χ0v) is 11.8. The Morgan fingerprint density at radius 1 is 1.18 bits per heavy atom.